The van der Waals surface area contributed by atoms with Gasteiger partial charge in [0.25, 0.3) is 0 Å². The molecule has 2 aliphatic carbocycles. The average molecular weight is 222 g/mol. The first kappa shape index (κ1) is 12.1. The Morgan fingerprint density at radius 3 is 2.50 bits per heavy atom. The van der Waals surface area contributed by atoms with Crippen molar-refractivity contribution in [1.82, 2.24) is 5.43 Å². The minimum Gasteiger partial charge on any atom is -0.271 e. The van der Waals surface area contributed by atoms with Crippen molar-refractivity contribution in [2.45, 2.75) is 57.9 Å². The van der Waals surface area contributed by atoms with E-state index in [0.29, 0.717) is 6.04 Å². The Bertz CT molecular complexity index is 249. The predicted octanol–water partition coefficient (Wildman–Crippen LogP) is 3.00. The molecule has 0 aliphatic heterocycles. The molecule has 2 aliphatic rings. The average Bonchev–Trinajstić information content (AvgIpc) is 2.29. The van der Waals surface area contributed by atoms with Crippen molar-refractivity contribution < 1.29 is 0 Å². The number of fused-ring (bicyclic) bond motifs is 1. The van der Waals surface area contributed by atoms with Crippen LogP contribution in [0.5, 0.6) is 0 Å². The fraction of sp³-hybridized carbons (Fsp3) is 0.857. The van der Waals surface area contributed by atoms with Gasteiger partial charge in [-0.05, 0) is 43.9 Å². The van der Waals surface area contributed by atoms with Gasteiger partial charge in [0, 0.05) is 6.04 Å². The molecular weight excluding hydrogens is 196 g/mol. The van der Waals surface area contributed by atoms with Gasteiger partial charge in [-0.15, -0.1) is 0 Å². The summed E-state index contributed by atoms with van der Waals surface area (Å²) in [5.74, 6) is 8.38. The van der Waals surface area contributed by atoms with E-state index in [1.807, 2.05) is 0 Å². The van der Waals surface area contributed by atoms with Gasteiger partial charge in [0.1, 0.15) is 0 Å². The largest absolute Gasteiger partial charge is 0.271 e. The zero-order valence-corrected chi connectivity index (χ0v) is 10.5. The van der Waals surface area contributed by atoms with E-state index in [4.69, 9.17) is 5.84 Å². The second kappa shape index (κ2) is 5.33. The summed E-state index contributed by atoms with van der Waals surface area (Å²) in [5, 5.41) is 0. The number of hydrogen-bond donors (Lipinski definition) is 2. The summed E-state index contributed by atoms with van der Waals surface area (Å²) in [4.78, 5) is 0. The molecule has 92 valence electrons. The number of hydrazine groups is 1. The van der Waals surface area contributed by atoms with E-state index in [2.05, 4.69) is 18.9 Å². The van der Waals surface area contributed by atoms with Crippen molar-refractivity contribution in [3.05, 3.63) is 12.2 Å². The molecule has 0 heterocycles. The van der Waals surface area contributed by atoms with E-state index in [-0.39, 0.29) is 0 Å². The Kier molecular flexibility index (Phi) is 4.04. The molecule has 2 nitrogen and oxygen atoms in total. The second-order valence-corrected chi connectivity index (χ2v) is 5.87. The van der Waals surface area contributed by atoms with Crippen LogP contribution < -0.4 is 11.3 Å². The first-order valence-electron chi connectivity index (χ1n) is 6.84. The SMILES string of the molecule is C=C(C)C(NN)C1CCC2CCCCC2C1. The zero-order valence-electron chi connectivity index (χ0n) is 10.5. The van der Waals surface area contributed by atoms with Gasteiger partial charge in [0.05, 0.1) is 0 Å². The fourth-order valence-electron chi connectivity index (χ4n) is 3.89. The van der Waals surface area contributed by atoms with E-state index >= 15 is 0 Å². The van der Waals surface area contributed by atoms with Gasteiger partial charge in [-0.2, -0.15) is 0 Å². The first-order valence-corrected chi connectivity index (χ1v) is 6.84. The molecule has 0 aromatic heterocycles. The molecule has 0 saturated heterocycles. The fourth-order valence-corrected chi connectivity index (χ4v) is 3.89. The third kappa shape index (κ3) is 2.49. The minimum absolute atomic E-state index is 0.336. The normalized spacial score (nSPS) is 36.5. The number of nitrogens with one attached hydrogen (secondary N) is 1. The summed E-state index contributed by atoms with van der Waals surface area (Å²) in [6.07, 6.45) is 9.96. The van der Waals surface area contributed by atoms with Gasteiger partial charge >= 0.3 is 0 Å². The van der Waals surface area contributed by atoms with Gasteiger partial charge in [-0.1, -0.05) is 37.8 Å². The quantitative estimate of drug-likeness (QED) is 0.437. The molecule has 2 saturated carbocycles. The molecule has 2 fully saturated rings. The first-order chi connectivity index (χ1) is 7.72. The summed E-state index contributed by atoms with van der Waals surface area (Å²) in [6, 6.07) is 0.336. The van der Waals surface area contributed by atoms with Crippen LogP contribution in [0.1, 0.15) is 51.9 Å². The molecule has 4 unspecified atom stereocenters. The molecule has 0 bridgehead atoms. The maximum atomic E-state index is 5.66. The third-order valence-electron chi connectivity index (χ3n) is 4.76. The molecule has 0 amide bonds. The van der Waals surface area contributed by atoms with E-state index in [1.165, 1.54) is 50.5 Å². The highest BCUT2D eigenvalue weighted by molar-refractivity contribution is 5.05. The Balaban J connectivity index is 1.95. The summed E-state index contributed by atoms with van der Waals surface area (Å²) in [5.41, 5.74) is 4.16. The molecule has 0 aromatic carbocycles. The summed E-state index contributed by atoms with van der Waals surface area (Å²) in [6.45, 7) is 6.16. The zero-order chi connectivity index (χ0) is 11.5. The Morgan fingerprint density at radius 2 is 1.88 bits per heavy atom. The van der Waals surface area contributed by atoms with Crippen molar-refractivity contribution in [2.24, 2.45) is 23.6 Å². The van der Waals surface area contributed by atoms with Crippen LogP contribution in [0.25, 0.3) is 0 Å². The number of nitrogens with two attached hydrogens (primary N) is 1. The lowest BCUT2D eigenvalue weighted by Gasteiger charge is -2.42. The topological polar surface area (TPSA) is 38.0 Å². The van der Waals surface area contributed by atoms with E-state index in [9.17, 15) is 0 Å². The van der Waals surface area contributed by atoms with Crippen molar-refractivity contribution in [3.8, 4) is 0 Å². The van der Waals surface area contributed by atoms with E-state index in [0.717, 1.165) is 17.8 Å². The van der Waals surface area contributed by atoms with Crippen LogP contribution >= 0.6 is 0 Å². The minimum atomic E-state index is 0.336. The Morgan fingerprint density at radius 1 is 1.19 bits per heavy atom. The number of hydrogen-bond acceptors (Lipinski definition) is 2. The summed E-state index contributed by atoms with van der Waals surface area (Å²) < 4.78 is 0. The highest BCUT2D eigenvalue weighted by Crippen LogP contribution is 2.44. The molecule has 2 rings (SSSR count). The highest BCUT2D eigenvalue weighted by Gasteiger charge is 2.35. The summed E-state index contributed by atoms with van der Waals surface area (Å²) >= 11 is 0. The third-order valence-corrected chi connectivity index (χ3v) is 4.76. The van der Waals surface area contributed by atoms with Gasteiger partial charge in [0.2, 0.25) is 0 Å². The van der Waals surface area contributed by atoms with Crippen molar-refractivity contribution in [1.29, 1.82) is 0 Å². The lowest BCUT2D eigenvalue weighted by molar-refractivity contribution is 0.116. The predicted molar refractivity (Wildman–Crippen MR) is 68.7 cm³/mol. The second-order valence-electron chi connectivity index (χ2n) is 5.87. The Hall–Kier alpha value is -0.340. The maximum Gasteiger partial charge on any atom is 0.0442 e. The van der Waals surface area contributed by atoms with E-state index < -0.39 is 0 Å². The molecule has 3 N–H and O–H groups in total. The van der Waals surface area contributed by atoms with Crippen LogP contribution in [0.2, 0.25) is 0 Å². The lowest BCUT2D eigenvalue weighted by atomic mass is 9.65. The van der Waals surface area contributed by atoms with Crippen LogP contribution in [0.4, 0.5) is 0 Å². The standard InChI is InChI=1S/C14H26N2/c1-10(2)14(16-15)13-8-7-11-5-3-4-6-12(11)9-13/h11-14,16H,1,3-9,15H2,2H3. The van der Waals surface area contributed by atoms with Crippen molar-refractivity contribution >= 4 is 0 Å². The molecule has 16 heavy (non-hydrogen) atoms. The monoisotopic (exact) mass is 222 g/mol. The highest BCUT2D eigenvalue weighted by atomic mass is 15.2. The number of rotatable bonds is 3. The van der Waals surface area contributed by atoms with Gasteiger partial charge in [0.15, 0.2) is 0 Å². The molecule has 2 heteroatoms. The Labute approximate surface area is 99.6 Å². The van der Waals surface area contributed by atoms with Crippen LogP contribution in [0.15, 0.2) is 12.2 Å². The smallest absolute Gasteiger partial charge is 0.0442 e. The van der Waals surface area contributed by atoms with E-state index in [1.54, 1.807) is 0 Å². The van der Waals surface area contributed by atoms with Gasteiger partial charge in [-0.3, -0.25) is 11.3 Å². The van der Waals surface area contributed by atoms with Crippen LogP contribution in [-0.4, -0.2) is 6.04 Å². The lowest BCUT2D eigenvalue weighted by Crippen LogP contribution is -2.44. The van der Waals surface area contributed by atoms with Crippen molar-refractivity contribution in [3.63, 3.8) is 0 Å². The summed E-state index contributed by atoms with van der Waals surface area (Å²) in [7, 11) is 0. The maximum absolute atomic E-state index is 5.66. The molecule has 0 spiro atoms. The van der Waals surface area contributed by atoms with Gasteiger partial charge in [-0.25, -0.2) is 0 Å². The molecule has 0 radical (unpaired) electrons. The van der Waals surface area contributed by atoms with Gasteiger partial charge < -0.3 is 0 Å². The molecular formula is C14H26N2. The van der Waals surface area contributed by atoms with Crippen LogP contribution in [0.3, 0.4) is 0 Å². The molecule has 4 atom stereocenters. The van der Waals surface area contributed by atoms with Crippen molar-refractivity contribution in [2.75, 3.05) is 0 Å². The van der Waals surface area contributed by atoms with Crippen LogP contribution in [0, 0.1) is 17.8 Å². The molecule has 0 aromatic rings. The van der Waals surface area contributed by atoms with Crippen LogP contribution in [-0.2, 0) is 0 Å².